The number of hydrogen-bond acceptors (Lipinski definition) is 6. The van der Waals surface area contributed by atoms with Crippen LogP contribution in [0.25, 0.3) is 23.0 Å². The van der Waals surface area contributed by atoms with Crippen LogP contribution in [-0.2, 0) is 5.54 Å². The lowest BCUT2D eigenvalue weighted by molar-refractivity contribution is 0.274. The van der Waals surface area contributed by atoms with Crippen LogP contribution in [0.4, 0.5) is 10.2 Å². The molecule has 0 amide bonds. The van der Waals surface area contributed by atoms with Crippen LogP contribution in [0.2, 0.25) is 0 Å². The van der Waals surface area contributed by atoms with Gasteiger partial charge >= 0.3 is 0 Å². The van der Waals surface area contributed by atoms with Gasteiger partial charge in [0.1, 0.15) is 23.7 Å². The molecule has 2 aliphatic rings. The Morgan fingerprint density at radius 2 is 1.94 bits per heavy atom. The van der Waals surface area contributed by atoms with Crippen LogP contribution in [0.5, 0.6) is 0 Å². The molecule has 8 nitrogen and oxygen atoms in total. The SMILES string of the molecule is CC[C@]1(C)c2nncn2-c2cnc(-n3ccnc3-c3ccc(F)cc3)nc2N1C1CCC1. The van der Waals surface area contributed by atoms with E-state index < -0.39 is 0 Å². The molecule has 1 aliphatic carbocycles. The van der Waals surface area contributed by atoms with Crippen LogP contribution in [0.15, 0.2) is 49.2 Å². The largest absolute Gasteiger partial charge is 0.339 e. The number of aromatic nitrogens is 7. The molecular weight excluding hydrogens is 407 g/mol. The molecule has 1 saturated carbocycles. The Morgan fingerprint density at radius 3 is 2.66 bits per heavy atom. The van der Waals surface area contributed by atoms with Gasteiger partial charge in [0.2, 0.25) is 5.95 Å². The van der Waals surface area contributed by atoms with Gasteiger partial charge in [-0.05, 0) is 56.9 Å². The number of rotatable bonds is 4. The molecule has 1 fully saturated rings. The molecule has 4 heterocycles. The molecule has 1 aliphatic heterocycles. The second kappa shape index (κ2) is 6.94. The summed E-state index contributed by atoms with van der Waals surface area (Å²) >= 11 is 0. The number of imidazole rings is 1. The molecule has 6 rings (SSSR count). The van der Waals surface area contributed by atoms with Crippen molar-refractivity contribution in [2.45, 2.75) is 51.1 Å². The van der Waals surface area contributed by atoms with Crippen molar-refractivity contribution in [2.24, 2.45) is 0 Å². The highest BCUT2D eigenvalue weighted by atomic mass is 19.1. The summed E-state index contributed by atoms with van der Waals surface area (Å²) in [6, 6.07) is 6.70. The van der Waals surface area contributed by atoms with E-state index >= 15 is 0 Å². The molecule has 0 N–H and O–H groups in total. The Balaban J connectivity index is 1.52. The molecule has 32 heavy (non-hydrogen) atoms. The van der Waals surface area contributed by atoms with Crippen molar-refractivity contribution in [3.8, 4) is 23.0 Å². The summed E-state index contributed by atoms with van der Waals surface area (Å²) < 4.78 is 17.3. The van der Waals surface area contributed by atoms with E-state index in [-0.39, 0.29) is 11.4 Å². The van der Waals surface area contributed by atoms with E-state index in [1.807, 2.05) is 21.5 Å². The molecule has 162 valence electrons. The summed E-state index contributed by atoms with van der Waals surface area (Å²) in [5.41, 5.74) is 1.37. The van der Waals surface area contributed by atoms with Gasteiger partial charge in [0, 0.05) is 24.0 Å². The molecule has 1 aromatic carbocycles. The Bertz CT molecular complexity index is 1290. The Morgan fingerprint density at radius 1 is 1.12 bits per heavy atom. The smallest absolute Gasteiger partial charge is 0.237 e. The number of anilines is 1. The van der Waals surface area contributed by atoms with Gasteiger partial charge in [0.25, 0.3) is 0 Å². The van der Waals surface area contributed by atoms with Crippen LogP contribution in [0, 0.1) is 5.82 Å². The minimum atomic E-state index is -0.311. The molecule has 1 atom stereocenters. The zero-order valence-electron chi connectivity index (χ0n) is 18.0. The van der Waals surface area contributed by atoms with Crippen molar-refractivity contribution in [1.82, 2.24) is 34.3 Å². The maximum atomic E-state index is 13.4. The highest BCUT2D eigenvalue weighted by Gasteiger charge is 2.47. The van der Waals surface area contributed by atoms with Gasteiger partial charge in [-0.25, -0.2) is 14.4 Å². The van der Waals surface area contributed by atoms with Crippen molar-refractivity contribution in [2.75, 3.05) is 4.90 Å². The maximum Gasteiger partial charge on any atom is 0.237 e. The van der Waals surface area contributed by atoms with E-state index in [4.69, 9.17) is 4.98 Å². The molecule has 0 bridgehead atoms. The van der Waals surface area contributed by atoms with Crippen LogP contribution in [0.1, 0.15) is 45.4 Å². The summed E-state index contributed by atoms with van der Waals surface area (Å²) in [5, 5.41) is 8.68. The fourth-order valence-corrected chi connectivity index (χ4v) is 4.77. The number of hydrogen-bond donors (Lipinski definition) is 0. The minimum absolute atomic E-state index is 0.281. The Labute approximate surface area is 184 Å². The number of benzene rings is 1. The predicted molar refractivity (Wildman–Crippen MR) is 117 cm³/mol. The molecule has 0 spiro atoms. The van der Waals surface area contributed by atoms with Crippen molar-refractivity contribution < 1.29 is 4.39 Å². The van der Waals surface area contributed by atoms with E-state index in [0.29, 0.717) is 17.8 Å². The summed E-state index contributed by atoms with van der Waals surface area (Å²) in [6.45, 7) is 4.40. The number of fused-ring (bicyclic) bond motifs is 3. The van der Waals surface area contributed by atoms with Crippen molar-refractivity contribution in [3.05, 3.63) is 60.8 Å². The first-order valence-corrected chi connectivity index (χ1v) is 11.0. The summed E-state index contributed by atoms with van der Waals surface area (Å²) in [7, 11) is 0. The molecule has 0 unspecified atom stereocenters. The lowest BCUT2D eigenvalue weighted by Gasteiger charge is -2.51. The van der Waals surface area contributed by atoms with E-state index in [0.717, 1.165) is 42.2 Å². The first-order chi connectivity index (χ1) is 15.6. The lowest BCUT2D eigenvalue weighted by atomic mass is 9.83. The van der Waals surface area contributed by atoms with Crippen LogP contribution in [0.3, 0.4) is 0 Å². The molecule has 0 radical (unpaired) electrons. The van der Waals surface area contributed by atoms with Gasteiger partial charge in [-0.1, -0.05) is 6.92 Å². The molecule has 0 saturated heterocycles. The fourth-order valence-electron chi connectivity index (χ4n) is 4.77. The molecule has 3 aromatic heterocycles. The summed E-state index contributed by atoms with van der Waals surface area (Å²) in [5.74, 6) is 2.72. The van der Waals surface area contributed by atoms with Crippen LogP contribution >= 0.6 is 0 Å². The van der Waals surface area contributed by atoms with Crippen molar-refractivity contribution in [3.63, 3.8) is 0 Å². The van der Waals surface area contributed by atoms with Crippen molar-refractivity contribution >= 4 is 5.82 Å². The lowest BCUT2D eigenvalue weighted by Crippen LogP contribution is -2.56. The van der Waals surface area contributed by atoms with Gasteiger partial charge < -0.3 is 4.90 Å². The first kappa shape index (κ1) is 19.1. The molecular formula is C23H23FN8. The van der Waals surface area contributed by atoms with Gasteiger partial charge in [-0.2, -0.15) is 4.98 Å². The van der Waals surface area contributed by atoms with Gasteiger partial charge in [-0.3, -0.25) is 9.13 Å². The summed E-state index contributed by atoms with van der Waals surface area (Å²) in [4.78, 5) is 16.6. The third kappa shape index (κ3) is 2.63. The maximum absolute atomic E-state index is 13.4. The third-order valence-corrected chi connectivity index (χ3v) is 6.87. The average Bonchev–Trinajstić information content (AvgIpc) is 3.46. The van der Waals surface area contributed by atoms with Gasteiger partial charge in [0.05, 0.1) is 11.7 Å². The Hall–Kier alpha value is -3.62. The topological polar surface area (TPSA) is 77.5 Å². The van der Waals surface area contributed by atoms with Crippen molar-refractivity contribution in [1.29, 1.82) is 0 Å². The van der Waals surface area contributed by atoms with E-state index in [1.54, 1.807) is 24.7 Å². The standard InChI is InChI=1S/C23H23FN8/c1-3-23(2)21-29-27-14-31(21)18-13-26-22(28-20(18)32(23)17-5-4-6-17)30-12-11-25-19(30)15-7-9-16(24)10-8-15/h7-14,17H,3-6H2,1-2H3/t23-/m1/s1. The highest BCUT2D eigenvalue weighted by molar-refractivity contribution is 5.65. The first-order valence-electron chi connectivity index (χ1n) is 11.0. The quantitative estimate of drug-likeness (QED) is 0.486. The second-order valence-electron chi connectivity index (χ2n) is 8.61. The van der Waals surface area contributed by atoms with E-state index in [1.165, 1.54) is 18.6 Å². The zero-order valence-corrected chi connectivity index (χ0v) is 18.0. The van der Waals surface area contributed by atoms with E-state index in [2.05, 4.69) is 38.9 Å². The highest BCUT2D eigenvalue weighted by Crippen LogP contribution is 2.46. The third-order valence-electron chi connectivity index (χ3n) is 6.87. The minimum Gasteiger partial charge on any atom is -0.339 e. The fraction of sp³-hybridized carbons (Fsp3) is 0.348. The average molecular weight is 430 g/mol. The Kier molecular flexibility index (Phi) is 4.14. The number of nitrogens with zero attached hydrogens (tertiary/aromatic N) is 8. The molecule has 4 aromatic rings. The predicted octanol–water partition coefficient (Wildman–Crippen LogP) is 4.05. The molecule has 9 heteroatoms. The van der Waals surface area contributed by atoms with E-state index in [9.17, 15) is 4.39 Å². The summed E-state index contributed by atoms with van der Waals surface area (Å²) in [6.07, 6.45) is 11.5. The van der Waals surface area contributed by atoms with Gasteiger partial charge in [-0.15, -0.1) is 10.2 Å². The normalized spacial score (nSPS) is 20.0. The second-order valence-corrected chi connectivity index (χ2v) is 8.61. The van der Waals surface area contributed by atoms with Crippen LogP contribution < -0.4 is 4.90 Å². The van der Waals surface area contributed by atoms with Gasteiger partial charge in [0.15, 0.2) is 11.6 Å². The zero-order chi connectivity index (χ0) is 21.9. The monoisotopic (exact) mass is 430 g/mol. The van der Waals surface area contributed by atoms with Crippen LogP contribution in [-0.4, -0.2) is 40.3 Å². The number of halogens is 1.